The van der Waals surface area contributed by atoms with Crippen LogP contribution in [0, 0.1) is 18.3 Å². The van der Waals surface area contributed by atoms with Gasteiger partial charge in [0.2, 0.25) is 0 Å². The third-order valence-corrected chi connectivity index (χ3v) is 5.88. The third-order valence-electron chi connectivity index (χ3n) is 5.88. The summed E-state index contributed by atoms with van der Waals surface area (Å²) >= 11 is 0. The Bertz CT molecular complexity index is 1230. The number of aromatic nitrogens is 1. The Labute approximate surface area is 189 Å². The molecule has 8 heteroatoms. The molecule has 33 heavy (non-hydrogen) atoms. The number of nitrogens with one attached hydrogen (secondary N) is 2. The number of rotatable bonds is 4. The molecule has 4 rings (SSSR count). The molecule has 0 radical (unpaired) electrons. The van der Waals surface area contributed by atoms with Gasteiger partial charge >= 0.3 is 6.18 Å². The van der Waals surface area contributed by atoms with Gasteiger partial charge in [0.05, 0.1) is 17.1 Å². The van der Waals surface area contributed by atoms with Crippen molar-refractivity contribution < 1.29 is 18.0 Å². The number of benzene rings is 2. The average Bonchev–Trinajstić information content (AvgIpc) is 2.79. The van der Waals surface area contributed by atoms with Gasteiger partial charge in [-0.3, -0.25) is 4.79 Å². The molecule has 0 spiro atoms. The number of nitriles is 1. The summed E-state index contributed by atoms with van der Waals surface area (Å²) in [6.45, 7) is 1.88. The average molecular weight is 452 g/mol. The minimum Gasteiger partial charge on any atom is -0.382 e. The van der Waals surface area contributed by atoms with Crippen LogP contribution in [0.15, 0.2) is 48.5 Å². The highest BCUT2D eigenvalue weighted by atomic mass is 19.4. The Morgan fingerprint density at radius 2 is 1.91 bits per heavy atom. The van der Waals surface area contributed by atoms with Gasteiger partial charge in [-0.25, -0.2) is 4.98 Å². The maximum atomic E-state index is 13.4. The van der Waals surface area contributed by atoms with E-state index in [-0.39, 0.29) is 23.5 Å². The smallest absolute Gasteiger partial charge is 0.382 e. The summed E-state index contributed by atoms with van der Waals surface area (Å²) in [6.07, 6.45) is -1.56. The van der Waals surface area contributed by atoms with E-state index < -0.39 is 11.9 Å². The second-order valence-electron chi connectivity index (χ2n) is 8.44. The minimum absolute atomic E-state index is 0.0957. The lowest BCUT2D eigenvalue weighted by molar-refractivity contribution is -0.140. The minimum atomic E-state index is -4.55. The number of carbonyl (C=O) groups is 1. The Morgan fingerprint density at radius 3 is 2.67 bits per heavy atom. The predicted molar refractivity (Wildman–Crippen MR) is 120 cm³/mol. The van der Waals surface area contributed by atoms with Crippen molar-refractivity contribution in [3.05, 3.63) is 70.9 Å². The van der Waals surface area contributed by atoms with Crippen molar-refractivity contribution in [3.63, 3.8) is 0 Å². The van der Waals surface area contributed by atoms with Gasteiger partial charge in [-0.2, -0.15) is 18.4 Å². The van der Waals surface area contributed by atoms with Gasteiger partial charge < -0.3 is 10.6 Å². The summed E-state index contributed by atoms with van der Waals surface area (Å²) in [5.41, 5.74) is 1.51. The molecule has 170 valence electrons. The molecule has 0 saturated heterocycles. The van der Waals surface area contributed by atoms with E-state index in [9.17, 15) is 18.0 Å². The highest BCUT2D eigenvalue weighted by molar-refractivity contribution is 5.95. The van der Waals surface area contributed by atoms with Crippen molar-refractivity contribution in [1.82, 2.24) is 10.3 Å². The van der Waals surface area contributed by atoms with Crippen LogP contribution in [0.5, 0.6) is 0 Å². The second-order valence-corrected chi connectivity index (χ2v) is 8.44. The van der Waals surface area contributed by atoms with Gasteiger partial charge in [0, 0.05) is 28.7 Å². The molecule has 1 saturated carbocycles. The topological polar surface area (TPSA) is 77.8 Å². The molecule has 2 aromatic carbocycles. The van der Waals surface area contributed by atoms with Gasteiger partial charge in [-0.05, 0) is 69.0 Å². The normalized spacial score (nSPS) is 18.5. The molecule has 0 aliphatic heterocycles. The van der Waals surface area contributed by atoms with Crippen LogP contribution in [0.25, 0.3) is 10.9 Å². The number of amides is 1. The number of halogens is 3. The van der Waals surface area contributed by atoms with Crippen molar-refractivity contribution in [1.29, 1.82) is 5.26 Å². The zero-order valence-electron chi connectivity index (χ0n) is 18.0. The lowest BCUT2D eigenvalue weighted by Crippen LogP contribution is -2.41. The molecule has 1 fully saturated rings. The summed E-state index contributed by atoms with van der Waals surface area (Å²) < 4.78 is 40.2. The Hall–Kier alpha value is -3.60. The summed E-state index contributed by atoms with van der Waals surface area (Å²) in [6, 6.07) is 14.5. The summed E-state index contributed by atoms with van der Waals surface area (Å²) in [5.74, 6) is -0.262. The first-order valence-corrected chi connectivity index (χ1v) is 10.8. The van der Waals surface area contributed by atoms with Crippen molar-refractivity contribution in [3.8, 4) is 6.07 Å². The lowest BCUT2D eigenvalue weighted by atomic mass is 9.90. The van der Waals surface area contributed by atoms with Crippen molar-refractivity contribution >= 4 is 22.5 Å². The zero-order chi connectivity index (χ0) is 23.6. The first kappa shape index (κ1) is 22.6. The number of nitrogens with zero attached hydrogens (tertiary/aromatic N) is 2. The second kappa shape index (κ2) is 9.10. The van der Waals surface area contributed by atoms with Gasteiger partial charge in [0.25, 0.3) is 5.91 Å². The fourth-order valence-electron chi connectivity index (χ4n) is 4.27. The maximum Gasteiger partial charge on any atom is 0.433 e. The van der Waals surface area contributed by atoms with Crippen LogP contribution in [-0.2, 0) is 6.18 Å². The highest BCUT2D eigenvalue weighted by Crippen LogP contribution is 2.34. The van der Waals surface area contributed by atoms with E-state index in [1.54, 1.807) is 30.3 Å². The van der Waals surface area contributed by atoms with Crippen LogP contribution in [-0.4, -0.2) is 23.0 Å². The molecular weight excluding hydrogens is 429 g/mol. The van der Waals surface area contributed by atoms with Crippen LogP contribution in [0.4, 0.5) is 18.9 Å². The standard InChI is InChI=1S/C25H23F3N4O/c1-15-8-9-21-20(10-15)22(13-23(32-21)25(26,27)28)30-18-6-3-7-19(12-18)31-24(33)17-5-2-4-16(11-17)14-29/h2,4-5,8-11,13,18-19H,3,6-7,12H2,1H3,(H,30,32)(H,31,33)/t18-,19+/m0/s1. The van der Waals surface area contributed by atoms with E-state index in [2.05, 4.69) is 15.6 Å². The fraction of sp³-hybridized carbons (Fsp3) is 0.320. The molecule has 0 unspecified atom stereocenters. The fourth-order valence-corrected chi connectivity index (χ4v) is 4.27. The van der Waals surface area contributed by atoms with Gasteiger partial charge in [-0.1, -0.05) is 17.7 Å². The monoisotopic (exact) mass is 452 g/mol. The number of hydrogen-bond donors (Lipinski definition) is 2. The first-order valence-electron chi connectivity index (χ1n) is 10.8. The zero-order valence-corrected chi connectivity index (χ0v) is 18.0. The Balaban J connectivity index is 1.53. The van der Waals surface area contributed by atoms with Crippen LogP contribution in [0.2, 0.25) is 0 Å². The molecule has 1 heterocycles. The van der Waals surface area contributed by atoms with Crippen molar-refractivity contribution in [2.75, 3.05) is 5.32 Å². The molecule has 1 aromatic heterocycles. The number of carbonyl (C=O) groups excluding carboxylic acids is 1. The molecular formula is C25H23F3N4O. The van der Waals surface area contributed by atoms with E-state index >= 15 is 0 Å². The number of alkyl halides is 3. The van der Waals surface area contributed by atoms with Crippen molar-refractivity contribution in [2.24, 2.45) is 0 Å². The van der Waals surface area contributed by atoms with E-state index in [0.29, 0.717) is 28.6 Å². The van der Waals surface area contributed by atoms with E-state index in [4.69, 9.17) is 5.26 Å². The quantitative estimate of drug-likeness (QED) is 0.541. The molecule has 1 amide bonds. The third kappa shape index (κ3) is 5.25. The molecule has 2 N–H and O–H groups in total. The number of anilines is 1. The van der Waals surface area contributed by atoms with Gasteiger partial charge in [-0.15, -0.1) is 0 Å². The van der Waals surface area contributed by atoms with E-state index in [1.807, 2.05) is 19.1 Å². The number of pyridine rings is 1. The van der Waals surface area contributed by atoms with Gasteiger partial charge in [0.15, 0.2) is 0 Å². The number of hydrogen-bond acceptors (Lipinski definition) is 4. The molecule has 0 bridgehead atoms. The number of aryl methyl sites for hydroxylation is 1. The first-order chi connectivity index (χ1) is 15.7. The Kier molecular flexibility index (Phi) is 6.23. The summed E-state index contributed by atoms with van der Waals surface area (Å²) in [4.78, 5) is 16.4. The Morgan fingerprint density at radius 1 is 1.12 bits per heavy atom. The molecule has 5 nitrogen and oxygen atoms in total. The lowest BCUT2D eigenvalue weighted by Gasteiger charge is -2.31. The van der Waals surface area contributed by atoms with Crippen molar-refractivity contribution in [2.45, 2.75) is 50.9 Å². The van der Waals surface area contributed by atoms with Gasteiger partial charge in [0.1, 0.15) is 5.69 Å². The van der Waals surface area contributed by atoms with Crippen LogP contribution >= 0.6 is 0 Å². The molecule has 2 atom stereocenters. The van der Waals surface area contributed by atoms with E-state index in [0.717, 1.165) is 30.9 Å². The largest absolute Gasteiger partial charge is 0.433 e. The molecule has 3 aromatic rings. The summed E-state index contributed by atoms with van der Waals surface area (Å²) in [7, 11) is 0. The van der Waals surface area contributed by atoms with Crippen LogP contribution < -0.4 is 10.6 Å². The summed E-state index contributed by atoms with van der Waals surface area (Å²) in [5, 5.41) is 16.0. The van der Waals surface area contributed by atoms with E-state index in [1.165, 1.54) is 6.07 Å². The molecule has 1 aliphatic rings. The van der Waals surface area contributed by atoms with Crippen LogP contribution in [0.3, 0.4) is 0 Å². The maximum absolute atomic E-state index is 13.4. The predicted octanol–water partition coefficient (Wildman–Crippen LogP) is 5.59. The molecule has 1 aliphatic carbocycles. The van der Waals surface area contributed by atoms with Crippen LogP contribution in [0.1, 0.15) is 52.9 Å². The SMILES string of the molecule is Cc1ccc2nc(C(F)(F)F)cc(N[C@H]3CCC[C@@H](NC(=O)c4cccc(C#N)c4)C3)c2c1. The number of fused-ring (bicyclic) bond motifs is 1. The highest BCUT2D eigenvalue weighted by Gasteiger charge is 2.34.